The SMILES string of the molecule is Cc1cc(NN)ccc1C(=O)Nc1ccc(Br)cc1. The van der Waals surface area contributed by atoms with Crippen LogP contribution in [0.5, 0.6) is 0 Å². The van der Waals surface area contributed by atoms with Crippen LogP contribution >= 0.6 is 15.9 Å². The van der Waals surface area contributed by atoms with Gasteiger partial charge in [0.2, 0.25) is 0 Å². The first-order valence-electron chi connectivity index (χ1n) is 5.74. The number of nitrogens with two attached hydrogens (primary N) is 1. The zero-order chi connectivity index (χ0) is 13.8. The van der Waals surface area contributed by atoms with Gasteiger partial charge in [0.05, 0.1) is 0 Å². The fourth-order valence-electron chi connectivity index (χ4n) is 1.74. The molecule has 0 unspecified atom stereocenters. The molecule has 0 atom stereocenters. The van der Waals surface area contributed by atoms with E-state index in [1.165, 1.54) is 0 Å². The number of halogens is 1. The van der Waals surface area contributed by atoms with Crippen LogP contribution in [-0.4, -0.2) is 5.91 Å². The predicted molar refractivity (Wildman–Crippen MR) is 81.1 cm³/mol. The van der Waals surface area contributed by atoms with Crippen LogP contribution < -0.4 is 16.6 Å². The van der Waals surface area contributed by atoms with Crippen LogP contribution in [0.4, 0.5) is 11.4 Å². The smallest absolute Gasteiger partial charge is 0.255 e. The van der Waals surface area contributed by atoms with Crippen molar-refractivity contribution >= 4 is 33.2 Å². The average molecular weight is 320 g/mol. The summed E-state index contributed by atoms with van der Waals surface area (Å²) in [6.07, 6.45) is 0. The number of hydrogen-bond donors (Lipinski definition) is 3. The number of amides is 1. The quantitative estimate of drug-likeness (QED) is 0.600. The van der Waals surface area contributed by atoms with Crippen molar-refractivity contribution in [3.05, 3.63) is 58.1 Å². The van der Waals surface area contributed by atoms with Crippen LogP contribution in [0.2, 0.25) is 0 Å². The van der Waals surface area contributed by atoms with Gasteiger partial charge in [-0.2, -0.15) is 0 Å². The molecule has 2 rings (SSSR count). The Kier molecular flexibility index (Phi) is 4.19. The van der Waals surface area contributed by atoms with E-state index in [1.807, 2.05) is 37.3 Å². The minimum Gasteiger partial charge on any atom is -0.324 e. The second kappa shape index (κ2) is 5.86. The Morgan fingerprint density at radius 3 is 2.32 bits per heavy atom. The Morgan fingerprint density at radius 1 is 1.11 bits per heavy atom. The van der Waals surface area contributed by atoms with Crippen molar-refractivity contribution in [1.29, 1.82) is 0 Å². The van der Waals surface area contributed by atoms with Gasteiger partial charge in [-0.05, 0) is 55.0 Å². The largest absolute Gasteiger partial charge is 0.324 e. The summed E-state index contributed by atoms with van der Waals surface area (Å²) in [5, 5.41) is 2.85. The molecule has 0 spiro atoms. The zero-order valence-corrected chi connectivity index (χ0v) is 12.0. The highest BCUT2D eigenvalue weighted by Crippen LogP contribution is 2.18. The summed E-state index contributed by atoms with van der Waals surface area (Å²) in [4.78, 5) is 12.1. The molecule has 0 fully saturated rings. The van der Waals surface area contributed by atoms with E-state index in [0.29, 0.717) is 5.56 Å². The number of anilines is 2. The molecule has 0 aromatic heterocycles. The van der Waals surface area contributed by atoms with Crippen LogP contribution in [0, 0.1) is 6.92 Å². The van der Waals surface area contributed by atoms with Gasteiger partial charge in [-0.3, -0.25) is 10.6 Å². The third-order valence-electron chi connectivity index (χ3n) is 2.74. The molecular weight excluding hydrogens is 306 g/mol. The molecule has 0 radical (unpaired) electrons. The summed E-state index contributed by atoms with van der Waals surface area (Å²) in [6.45, 7) is 1.87. The Labute approximate surface area is 120 Å². The number of carbonyl (C=O) groups excluding carboxylic acids is 1. The molecule has 98 valence electrons. The van der Waals surface area contributed by atoms with Gasteiger partial charge < -0.3 is 10.7 Å². The number of nitrogen functional groups attached to an aromatic ring is 1. The molecule has 1 amide bonds. The van der Waals surface area contributed by atoms with Crippen LogP contribution in [0.3, 0.4) is 0 Å². The first-order chi connectivity index (χ1) is 9.10. The number of nitrogens with one attached hydrogen (secondary N) is 2. The summed E-state index contributed by atoms with van der Waals surface area (Å²) < 4.78 is 0.972. The summed E-state index contributed by atoms with van der Waals surface area (Å²) in [5.74, 6) is 5.19. The summed E-state index contributed by atoms with van der Waals surface area (Å²) in [6, 6.07) is 12.8. The number of carbonyl (C=O) groups is 1. The van der Waals surface area contributed by atoms with Crippen molar-refractivity contribution < 1.29 is 4.79 Å². The molecule has 2 aromatic rings. The van der Waals surface area contributed by atoms with Crippen molar-refractivity contribution in [3.8, 4) is 0 Å². The lowest BCUT2D eigenvalue weighted by molar-refractivity contribution is 0.102. The Morgan fingerprint density at radius 2 is 1.74 bits per heavy atom. The second-order valence-corrected chi connectivity index (χ2v) is 5.05. The maximum atomic E-state index is 12.1. The molecule has 0 saturated heterocycles. The van der Waals surface area contributed by atoms with Gasteiger partial charge in [0, 0.05) is 21.4 Å². The summed E-state index contributed by atoms with van der Waals surface area (Å²) in [5.41, 5.74) is 5.58. The van der Waals surface area contributed by atoms with Gasteiger partial charge in [-0.25, -0.2) is 0 Å². The Balaban J connectivity index is 2.18. The minimum absolute atomic E-state index is 0.136. The molecule has 0 heterocycles. The molecular formula is C14H14BrN3O. The van der Waals surface area contributed by atoms with Crippen molar-refractivity contribution in [2.75, 3.05) is 10.7 Å². The van der Waals surface area contributed by atoms with Crippen molar-refractivity contribution in [2.24, 2.45) is 5.84 Å². The average Bonchev–Trinajstić information content (AvgIpc) is 2.41. The maximum absolute atomic E-state index is 12.1. The zero-order valence-electron chi connectivity index (χ0n) is 10.4. The van der Waals surface area contributed by atoms with Crippen LogP contribution in [0.1, 0.15) is 15.9 Å². The summed E-state index contributed by atoms with van der Waals surface area (Å²) >= 11 is 3.35. The van der Waals surface area contributed by atoms with E-state index < -0.39 is 0 Å². The molecule has 0 aliphatic heterocycles. The monoisotopic (exact) mass is 319 g/mol. The van der Waals surface area contributed by atoms with Crippen molar-refractivity contribution in [2.45, 2.75) is 6.92 Å². The van der Waals surface area contributed by atoms with Crippen LogP contribution in [0.15, 0.2) is 46.9 Å². The fraction of sp³-hybridized carbons (Fsp3) is 0.0714. The van der Waals surface area contributed by atoms with E-state index >= 15 is 0 Å². The molecule has 4 N–H and O–H groups in total. The predicted octanol–water partition coefficient (Wildman–Crippen LogP) is 3.30. The second-order valence-electron chi connectivity index (χ2n) is 4.14. The Bertz CT molecular complexity index is 596. The van der Waals surface area contributed by atoms with Crippen molar-refractivity contribution in [3.63, 3.8) is 0 Å². The molecule has 0 saturated carbocycles. The third-order valence-corrected chi connectivity index (χ3v) is 3.27. The van der Waals surface area contributed by atoms with E-state index in [-0.39, 0.29) is 5.91 Å². The molecule has 19 heavy (non-hydrogen) atoms. The molecule has 5 heteroatoms. The number of benzene rings is 2. The lowest BCUT2D eigenvalue weighted by atomic mass is 10.1. The van der Waals surface area contributed by atoms with Gasteiger partial charge in [0.1, 0.15) is 0 Å². The lowest BCUT2D eigenvalue weighted by Gasteiger charge is -2.09. The van der Waals surface area contributed by atoms with Gasteiger partial charge >= 0.3 is 0 Å². The number of hydrazine groups is 1. The van der Waals surface area contributed by atoms with Gasteiger partial charge in [-0.15, -0.1) is 0 Å². The van der Waals surface area contributed by atoms with Gasteiger partial charge in [-0.1, -0.05) is 15.9 Å². The molecule has 0 bridgehead atoms. The highest BCUT2D eigenvalue weighted by atomic mass is 79.9. The first kappa shape index (κ1) is 13.6. The third kappa shape index (κ3) is 3.33. The van der Waals surface area contributed by atoms with Crippen LogP contribution in [0.25, 0.3) is 0 Å². The topological polar surface area (TPSA) is 67.1 Å². The molecule has 4 nitrogen and oxygen atoms in total. The van der Waals surface area contributed by atoms with Gasteiger partial charge in [0.25, 0.3) is 5.91 Å². The number of hydrogen-bond acceptors (Lipinski definition) is 3. The number of aryl methyl sites for hydroxylation is 1. The minimum atomic E-state index is -0.136. The number of rotatable bonds is 3. The molecule has 0 aliphatic carbocycles. The lowest BCUT2D eigenvalue weighted by Crippen LogP contribution is -2.14. The van der Waals surface area contributed by atoms with Crippen molar-refractivity contribution in [1.82, 2.24) is 0 Å². The first-order valence-corrected chi connectivity index (χ1v) is 6.53. The van der Waals surface area contributed by atoms with Gasteiger partial charge in [0.15, 0.2) is 0 Å². The fourth-order valence-corrected chi connectivity index (χ4v) is 2.00. The van der Waals surface area contributed by atoms with E-state index in [1.54, 1.807) is 12.1 Å². The molecule has 0 aliphatic rings. The highest BCUT2D eigenvalue weighted by molar-refractivity contribution is 9.10. The van der Waals surface area contributed by atoms with E-state index in [2.05, 4.69) is 26.7 Å². The van der Waals surface area contributed by atoms with E-state index in [9.17, 15) is 4.79 Å². The van der Waals surface area contributed by atoms with E-state index in [4.69, 9.17) is 5.84 Å². The molecule has 2 aromatic carbocycles. The maximum Gasteiger partial charge on any atom is 0.255 e. The normalized spacial score (nSPS) is 10.1. The van der Waals surface area contributed by atoms with E-state index in [0.717, 1.165) is 21.4 Å². The highest BCUT2D eigenvalue weighted by Gasteiger charge is 2.09. The standard InChI is InChI=1S/C14H14BrN3O/c1-9-8-12(18-16)6-7-13(9)14(19)17-11-4-2-10(15)3-5-11/h2-8,18H,16H2,1H3,(H,17,19). The Hall–Kier alpha value is -1.85. The van der Waals surface area contributed by atoms with Crippen LogP contribution in [-0.2, 0) is 0 Å². The summed E-state index contributed by atoms with van der Waals surface area (Å²) in [7, 11) is 0.